The summed E-state index contributed by atoms with van der Waals surface area (Å²) in [6.07, 6.45) is -2.68. The molecule has 2 heterocycles. The lowest BCUT2D eigenvalue weighted by Crippen LogP contribution is -2.61. The maximum Gasteiger partial charge on any atom is 0.233 e. The summed E-state index contributed by atoms with van der Waals surface area (Å²) in [5.41, 5.74) is 8.23. The zero-order valence-electron chi connectivity index (χ0n) is 42.5. The number of para-hydroxylation sites is 1. The van der Waals surface area contributed by atoms with Gasteiger partial charge in [0.05, 0.1) is 57.2 Å². The molecular weight excluding hydrogens is 954 g/mol. The number of rotatable bonds is 24. The van der Waals surface area contributed by atoms with Crippen molar-refractivity contribution in [3.05, 3.63) is 275 Å². The van der Waals surface area contributed by atoms with E-state index in [0.717, 1.165) is 44.6 Å². The lowest BCUT2D eigenvalue weighted by atomic mass is 9.77. The molecule has 0 radical (unpaired) electrons. The Kier molecular flexibility index (Phi) is 17.8. The van der Waals surface area contributed by atoms with E-state index in [2.05, 4.69) is 54.6 Å². The van der Waals surface area contributed by atoms with Crippen LogP contribution in [0.25, 0.3) is 0 Å². The average Bonchev–Trinajstić information content (AvgIpc) is 3.57. The molecule has 3 unspecified atom stereocenters. The predicted octanol–water partition coefficient (Wildman–Crippen LogP) is 12.9. The van der Waals surface area contributed by atoms with E-state index in [0.29, 0.717) is 57.0 Å². The third-order valence-electron chi connectivity index (χ3n) is 14.3. The molecule has 0 aliphatic carbocycles. The van der Waals surface area contributed by atoms with Crippen LogP contribution in [0.15, 0.2) is 224 Å². The molecule has 10 heteroatoms. The normalized spacial score (nSPS) is 20.7. The van der Waals surface area contributed by atoms with Crippen LogP contribution >= 0.6 is 0 Å². The van der Waals surface area contributed by atoms with Gasteiger partial charge in [0.2, 0.25) is 5.91 Å². The molecule has 0 spiro atoms. The van der Waals surface area contributed by atoms with Gasteiger partial charge in [-0.25, -0.2) is 4.39 Å². The Bertz CT molecular complexity index is 3010. The number of hydrogen-bond acceptors (Lipinski definition) is 8. The number of halogens is 1. The SMILES string of the molecule is O=C1[C@H](CC[C@H](O)c2ccc(F)cc2)[C@@H](c2ccc(C[C@@H]3OC(COCc4ccccc4)[C@@H](OCc4ccccc4)C(OCc4ccccc4)C3OCc3ccccc3)cc2OCc2ccccc2)N1c1ccccc1. The van der Waals surface area contributed by atoms with Crippen LogP contribution in [-0.2, 0) is 67.9 Å². The Hall–Kier alpha value is -7.28. The number of amides is 1. The molecule has 0 aromatic heterocycles. The predicted molar refractivity (Wildman–Crippen MR) is 291 cm³/mol. The zero-order chi connectivity index (χ0) is 51.9. The van der Waals surface area contributed by atoms with Gasteiger partial charge in [-0.3, -0.25) is 4.79 Å². The number of aliphatic hydroxyl groups is 1. The highest BCUT2D eigenvalue weighted by Crippen LogP contribution is 2.49. The van der Waals surface area contributed by atoms with E-state index < -0.39 is 48.6 Å². The molecule has 2 fully saturated rings. The minimum absolute atomic E-state index is 0.0410. The van der Waals surface area contributed by atoms with Crippen molar-refractivity contribution in [3.63, 3.8) is 0 Å². The van der Waals surface area contributed by atoms with Crippen LogP contribution in [0.5, 0.6) is 5.75 Å². The molecule has 8 atom stereocenters. The standard InChI is InChI=1S/C66H64FNO8/c67-54-34-32-53(33-35-54)58(69)38-37-57-62(68(66(57)70)55-29-17-6-18-30-55)56-36-31-52(39-59(56)72-42-48-21-9-2-10-22-48)40-60-63(73-43-49-23-11-3-12-24-49)65(75-45-51-27-15-5-16-28-51)64(74-44-50-25-13-4-14-26-50)61(76-60)46-71-41-47-19-7-1-8-20-47/h1-36,39,57-58,60-65,69H,37-38,40-46H2/t57-,58+,60+,61?,62-,63?,64-,65?/m1/s1. The van der Waals surface area contributed by atoms with Gasteiger partial charge in [-0.1, -0.05) is 194 Å². The Morgan fingerprint density at radius 3 is 1.53 bits per heavy atom. The fourth-order valence-corrected chi connectivity index (χ4v) is 10.3. The summed E-state index contributed by atoms with van der Waals surface area (Å²) in [7, 11) is 0. The number of carbonyl (C=O) groups excluding carboxylic acids is 1. The van der Waals surface area contributed by atoms with Crippen LogP contribution in [0.1, 0.15) is 69.5 Å². The first-order valence-electron chi connectivity index (χ1n) is 26.3. The van der Waals surface area contributed by atoms with E-state index in [4.69, 9.17) is 28.4 Å². The lowest BCUT2D eigenvalue weighted by Gasteiger charge is -2.48. The van der Waals surface area contributed by atoms with E-state index >= 15 is 0 Å². The number of ether oxygens (including phenoxy) is 6. The lowest BCUT2D eigenvalue weighted by molar-refractivity contribution is -0.272. The van der Waals surface area contributed by atoms with Gasteiger partial charge in [0, 0.05) is 17.7 Å². The highest BCUT2D eigenvalue weighted by Gasteiger charge is 2.51. The Labute approximate surface area is 445 Å². The second kappa shape index (κ2) is 26.0. The summed E-state index contributed by atoms with van der Waals surface area (Å²) in [5.74, 6) is -0.253. The fourth-order valence-electron chi connectivity index (χ4n) is 10.3. The molecule has 1 N–H and O–H groups in total. The van der Waals surface area contributed by atoms with Crippen LogP contribution in [0.3, 0.4) is 0 Å². The smallest absolute Gasteiger partial charge is 0.233 e. The zero-order valence-corrected chi connectivity index (χ0v) is 42.5. The number of hydrogen-bond donors (Lipinski definition) is 1. The van der Waals surface area contributed by atoms with Gasteiger partial charge in [-0.2, -0.15) is 0 Å². The minimum atomic E-state index is -0.875. The first-order valence-corrected chi connectivity index (χ1v) is 26.3. The summed E-state index contributed by atoms with van der Waals surface area (Å²) >= 11 is 0. The summed E-state index contributed by atoms with van der Waals surface area (Å²) in [6.45, 7) is 1.86. The van der Waals surface area contributed by atoms with Crippen LogP contribution in [0.4, 0.5) is 10.1 Å². The van der Waals surface area contributed by atoms with Crippen molar-refractivity contribution >= 4 is 11.6 Å². The topological polar surface area (TPSA) is 95.9 Å². The third-order valence-corrected chi connectivity index (χ3v) is 14.3. The summed E-state index contributed by atoms with van der Waals surface area (Å²) in [5, 5.41) is 11.3. The molecule has 76 heavy (non-hydrogen) atoms. The Balaban J connectivity index is 1.01. The maximum absolute atomic E-state index is 14.4. The van der Waals surface area contributed by atoms with Gasteiger partial charge in [-0.05, 0) is 82.1 Å². The number of anilines is 1. The summed E-state index contributed by atoms with van der Waals surface area (Å²) < 4.78 is 55.7. The van der Waals surface area contributed by atoms with Gasteiger partial charge in [0.15, 0.2) is 0 Å². The second-order valence-corrected chi connectivity index (χ2v) is 19.6. The molecule has 388 valence electrons. The summed E-state index contributed by atoms with van der Waals surface area (Å²) in [6, 6.07) is 71.9. The van der Waals surface area contributed by atoms with Crippen molar-refractivity contribution < 1.29 is 42.7 Å². The molecule has 2 aliphatic heterocycles. The second-order valence-electron chi connectivity index (χ2n) is 19.6. The molecule has 10 rings (SSSR count). The van der Waals surface area contributed by atoms with E-state index in [1.807, 2.05) is 150 Å². The molecule has 8 aromatic rings. The molecule has 9 nitrogen and oxygen atoms in total. The minimum Gasteiger partial charge on any atom is -0.489 e. The highest BCUT2D eigenvalue weighted by atomic mass is 19.1. The molecule has 0 bridgehead atoms. The molecular formula is C66H64FNO8. The number of carbonyl (C=O) groups is 1. The van der Waals surface area contributed by atoms with E-state index in [1.165, 1.54) is 12.1 Å². The van der Waals surface area contributed by atoms with Crippen molar-refractivity contribution in [2.45, 2.75) is 95.0 Å². The van der Waals surface area contributed by atoms with Gasteiger partial charge < -0.3 is 38.4 Å². The van der Waals surface area contributed by atoms with Gasteiger partial charge >= 0.3 is 0 Å². The largest absolute Gasteiger partial charge is 0.489 e. The van der Waals surface area contributed by atoms with Crippen molar-refractivity contribution in [3.8, 4) is 5.75 Å². The number of aliphatic hydroxyl groups excluding tert-OH is 1. The van der Waals surface area contributed by atoms with Gasteiger partial charge in [-0.15, -0.1) is 0 Å². The highest BCUT2D eigenvalue weighted by molar-refractivity contribution is 6.03. The van der Waals surface area contributed by atoms with E-state index in [-0.39, 0.29) is 24.9 Å². The number of nitrogens with zero attached hydrogens (tertiary/aromatic N) is 1. The first kappa shape index (κ1) is 52.2. The van der Waals surface area contributed by atoms with E-state index in [9.17, 15) is 14.3 Å². The van der Waals surface area contributed by atoms with Gasteiger partial charge in [0.1, 0.15) is 42.6 Å². The van der Waals surface area contributed by atoms with Crippen molar-refractivity contribution in [2.24, 2.45) is 5.92 Å². The average molecular weight is 1020 g/mol. The number of β-lactam (4-membered cyclic amide) rings is 1. The third kappa shape index (κ3) is 13.4. The molecule has 2 saturated heterocycles. The van der Waals surface area contributed by atoms with E-state index in [1.54, 1.807) is 12.1 Å². The van der Waals surface area contributed by atoms with Gasteiger partial charge in [0.25, 0.3) is 0 Å². The monoisotopic (exact) mass is 1020 g/mol. The molecule has 8 aromatic carbocycles. The number of benzene rings is 8. The van der Waals surface area contributed by atoms with Crippen LogP contribution in [0, 0.1) is 11.7 Å². The van der Waals surface area contributed by atoms with Crippen LogP contribution < -0.4 is 9.64 Å². The van der Waals surface area contributed by atoms with Crippen LogP contribution in [0.2, 0.25) is 0 Å². The van der Waals surface area contributed by atoms with Crippen molar-refractivity contribution in [1.29, 1.82) is 0 Å². The quantitative estimate of drug-likeness (QED) is 0.0598. The molecule has 2 aliphatic rings. The van der Waals surface area contributed by atoms with Crippen LogP contribution in [-0.4, -0.2) is 48.1 Å². The first-order chi connectivity index (χ1) is 37.4. The van der Waals surface area contributed by atoms with Crippen molar-refractivity contribution in [1.82, 2.24) is 0 Å². The maximum atomic E-state index is 14.4. The molecule has 1 amide bonds. The Morgan fingerprint density at radius 1 is 0.513 bits per heavy atom. The summed E-state index contributed by atoms with van der Waals surface area (Å²) in [4.78, 5) is 16.2. The Morgan fingerprint density at radius 2 is 0.987 bits per heavy atom. The van der Waals surface area contributed by atoms with Crippen molar-refractivity contribution in [2.75, 3.05) is 11.5 Å². The fraction of sp³-hybridized carbons (Fsp3) is 0.258. The molecule has 0 saturated carbocycles.